The predicted molar refractivity (Wildman–Crippen MR) is 72.8 cm³/mol. The van der Waals surface area contributed by atoms with Crippen molar-refractivity contribution in [2.45, 2.75) is 37.3 Å². The van der Waals surface area contributed by atoms with Crippen molar-refractivity contribution >= 4 is 15.8 Å². The summed E-state index contributed by atoms with van der Waals surface area (Å²) < 4.78 is 29.6. The molecule has 0 amide bonds. The molecule has 0 aromatic rings. The maximum atomic E-state index is 12.0. The van der Waals surface area contributed by atoms with Gasteiger partial charge in [-0.3, -0.25) is 4.99 Å². The Kier molecular flexibility index (Phi) is 3.21. The molecule has 2 N–H and O–H groups in total. The molecular weight excluding hydrogens is 266 g/mol. The highest BCUT2D eigenvalue weighted by molar-refractivity contribution is 7.91. The average molecular weight is 287 g/mol. The van der Waals surface area contributed by atoms with E-state index in [0.29, 0.717) is 31.2 Å². The minimum atomic E-state index is -2.98. The molecule has 2 unspecified atom stereocenters. The normalized spacial score (nSPS) is 37.8. The van der Waals surface area contributed by atoms with Crippen LogP contribution in [0.25, 0.3) is 0 Å². The van der Waals surface area contributed by atoms with Crippen LogP contribution in [0.1, 0.15) is 25.7 Å². The van der Waals surface area contributed by atoms with E-state index in [2.05, 4.69) is 4.99 Å². The predicted octanol–water partition coefficient (Wildman–Crippen LogP) is -0.257. The van der Waals surface area contributed by atoms with E-state index in [9.17, 15) is 8.42 Å². The van der Waals surface area contributed by atoms with Crippen molar-refractivity contribution in [3.8, 4) is 0 Å². The van der Waals surface area contributed by atoms with Crippen LogP contribution in [0, 0.1) is 0 Å². The smallest absolute Gasteiger partial charge is 0.191 e. The zero-order chi connectivity index (χ0) is 13.5. The van der Waals surface area contributed by atoms with Gasteiger partial charge in [-0.25, -0.2) is 8.42 Å². The number of hydrogen-bond donors (Lipinski definition) is 1. The molecule has 1 spiro atoms. The van der Waals surface area contributed by atoms with Crippen molar-refractivity contribution in [2.24, 2.45) is 10.7 Å². The van der Waals surface area contributed by atoms with Crippen molar-refractivity contribution in [3.05, 3.63) is 0 Å². The number of sulfone groups is 1. The third-order valence-electron chi connectivity index (χ3n) is 4.38. The summed E-state index contributed by atoms with van der Waals surface area (Å²) in [6.45, 7) is 1.97. The Morgan fingerprint density at radius 2 is 2.32 bits per heavy atom. The van der Waals surface area contributed by atoms with Gasteiger partial charge in [0.05, 0.1) is 29.7 Å². The number of aliphatic imine (C=N–C) groups is 1. The van der Waals surface area contributed by atoms with E-state index < -0.39 is 15.4 Å². The highest BCUT2D eigenvalue weighted by Gasteiger charge is 2.48. The fourth-order valence-corrected chi connectivity index (χ4v) is 5.37. The molecule has 0 radical (unpaired) electrons. The Morgan fingerprint density at radius 3 is 3.00 bits per heavy atom. The van der Waals surface area contributed by atoms with Crippen LogP contribution in [0.3, 0.4) is 0 Å². The molecule has 0 saturated carbocycles. The Morgan fingerprint density at radius 1 is 1.47 bits per heavy atom. The van der Waals surface area contributed by atoms with Gasteiger partial charge in [0.1, 0.15) is 0 Å². The van der Waals surface area contributed by atoms with Crippen LogP contribution in [-0.2, 0) is 14.6 Å². The summed E-state index contributed by atoms with van der Waals surface area (Å²) in [5.41, 5.74) is 5.57. The Bertz CT molecular complexity index is 484. The van der Waals surface area contributed by atoms with Crippen molar-refractivity contribution in [2.75, 3.05) is 31.2 Å². The van der Waals surface area contributed by atoms with Gasteiger partial charge in [0.2, 0.25) is 0 Å². The van der Waals surface area contributed by atoms with E-state index in [1.165, 1.54) is 0 Å². The first kappa shape index (κ1) is 13.2. The minimum Gasteiger partial charge on any atom is -0.376 e. The highest BCUT2D eigenvalue weighted by atomic mass is 32.2. The van der Waals surface area contributed by atoms with E-state index in [1.807, 2.05) is 4.90 Å². The van der Waals surface area contributed by atoms with E-state index in [-0.39, 0.29) is 11.9 Å². The lowest BCUT2D eigenvalue weighted by atomic mass is 9.94. The molecule has 3 aliphatic rings. The van der Waals surface area contributed by atoms with E-state index in [1.54, 1.807) is 0 Å². The van der Waals surface area contributed by atoms with Crippen molar-refractivity contribution in [1.29, 1.82) is 0 Å². The van der Waals surface area contributed by atoms with Gasteiger partial charge in [-0.2, -0.15) is 0 Å². The summed E-state index contributed by atoms with van der Waals surface area (Å²) in [7, 11) is -2.98. The Labute approximate surface area is 113 Å². The monoisotopic (exact) mass is 287 g/mol. The molecule has 108 valence electrons. The van der Waals surface area contributed by atoms with Crippen LogP contribution < -0.4 is 5.73 Å². The Hall–Kier alpha value is -0.820. The van der Waals surface area contributed by atoms with Gasteiger partial charge in [0.15, 0.2) is 15.8 Å². The summed E-state index contributed by atoms with van der Waals surface area (Å²) in [5.74, 6) is 0.951. The number of nitrogens with zero attached hydrogens (tertiary/aromatic N) is 2. The summed E-state index contributed by atoms with van der Waals surface area (Å²) >= 11 is 0. The number of guanidine groups is 1. The summed E-state index contributed by atoms with van der Waals surface area (Å²) in [6, 6.07) is 0. The first-order valence-corrected chi connectivity index (χ1v) is 8.73. The second-order valence-electron chi connectivity index (χ2n) is 5.84. The lowest BCUT2D eigenvalue weighted by Gasteiger charge is -2.42. The SMILES string of the molecule is NC1=NCC2(CCCS(=O)(=O)C2)N1CC1CCCO1. The zero-order valence-electron chi connectivity index (χ0n) is 11.0. The summed E-state index contributed by atoms with van der Waals surface area (Å²) in [6.07, 6.45) is 3.80. The molecule has 0 bridgehead atoms. The van der Waals surface area contributed by atoms with Crippen LogP contribution in [-0.4, -0.2) is 62.1 Å². The second-order valence-corrected chi connectivity index (χ2v) is 8.02. The molecule has 2 saturated heterocycles. The maximum absolute atomic E-state index is 12.0. The zero-order valence-corrected chi connectivity index (χ0v) is 11.9. The van der Waals surface area contributed by atoms with Gasteiger partial charge in [-0.15, -0.1) is 0 Å². The fourth-order valence-electron chi connectivity index (χ4n) is 3.43. The molecule has 0 aromatic heterocycles. The van der Waals surface area contributed by atoms with Crippen LogP contribution in [0.5, 0.6) is 0 Å². The standard InChI is InChI=1S/C12H21N3O3S/c13-11-14-8-12(4-2-6-19(16,17)9-12)15(11)7-10-3-1-5-18-10/h10H,1-9H2,(H2,13,14). The van der Waals surface area contributed by atoms with Crippen LogP contribution in [0.4, 0.5) is 0 Å². The molecule has 19 heavy (non-hydrogen) atoms. The number of nitrogens with two attached hydrogens (primary N) is 1. The highest BCUT2D eigenvalue weighted by Crippen LogP contribution is 2.34. The molecule has 6 nitrogen and oxygen atoms in total. The first-order chi connectivity index (χ1) is 9.01. The molecule has 0 aromatic carbocycles. The summed E-state index contributed by atoms with van der Waals surface area (Å²) in [4.78, 5) is 6.30. The van der Waals surface area contributed by atoms with Crippen molar-refractivity contribution in [3.63, 3.8) is 0 Å². The third kappa shape index (κ3) is 2.45. The molecule has 2 atom stereocenters. The quantitative estimate of drug-likeness (QED) is 0.756. The van der Waals surface area contributed by atoms with Crippen LogP contribution in [0.2, 0.25) is 0 Å². The van der Waals surface area contributed by atoms with E-state index in [0.717, 1.165) is 25.9 Å². The van der Waals surface area contributed by atoms with Gasteiger partial charge in [-0.05, 0) is 25.7 Å². The third-order valence-corrected chi connectivity index (χ3v) is 6.27. The summed E-state index contributed by atoms with van der Waals surface area (Å²) in [5, 5.41) is 0. The molecule has 0 aliphatic carbocycles. The minimum absolute atomic E-state index is 0.161. The van der Waals surface area contributed by atoms with Crippen LogP contribution in [0.15, 0.2) is 4.99 Å². The second kappa shape index (κ2) is 4.63. The molecule has 3 aliphatic heterocycles. The molecule has 7 heteroatoms. The fraction of sp³-hybridized carbons (Fsp3) is 0.917. The molecule has 3 heterocycles. The Balaban J connectivity index is 1.80. The maximum Gasteiger partial charge on any atom is 0.191 e. The van der Waals surface area contributed by atoms with Gasteiger partial charge in [0.25, 0.3) is 0 Å². The molecule has 2 fully saturated rings. The van der Waals surface area contributed by atoms with E-state index >= 15 is 0 Å². The van der Waals surface area contributed by atoms with Gasteiger partial charge < -0.3 is 15.4 Å². The molecule has 3 rings (SSSR count). The lowest BCUT2D eigenvalue weighted by Crippen LogP contribution is -2.59. The molecular formula is C12H21N3O3S. The number of hydrogen-bond acceptors (Lipinski definition) is 6. The van der Waals surface area contributed by atoms with Gasteiger partial charge >= 0.3 is 0 Å². The number of rotatable bonds is 2. The van der Waals surface area contributed by atoms with Gasteiger partial charge in [0, 0.05) is 13.2 Å². The van der Waals surface area contributed by atoms with E-state index in [4.69, 9.17) is 10.5 Å². The average Bonchev–Trinajstić information content (AvgIpc) is 2.93. The van der Waals surface area contributed by atoms with Crippen molar-refractivity contribution < 1.29 is 13.2 Å². The van der Waals surface area contributed by atoms with Crippen molar-refractivity contribution in [1.82, 2.24) is 4.90 Å². The van der Waals surface area contributed by atoms with Crippen LogP contribution >= 0.6 is 0 Å². The lowest BCUT2D eigenvalue weighted by molar-refractivity contribution is 0.0671. The van der Waals surface area contributed by atoms with Gasteiger partial charge in [-0.1, -0.05) is 0 Å². The number of ether oxygens (including phenoxy) is 1. The first-order valence-electron chi connectivity index (χ1n) is 6.90. The topological polar surface area (TPSA) is 85.0 Å². The largest absolute Gasteiger partial charge is 0.376 e.